The van der Waals surface area contributed by atoms with Crippen molar-refractivity contribution in [2.24, 2.45) is 0 Å². The van der Waals surface area contributed by atoms with Gasteiger partial charge in [-0.25, -0.2) is 0 Å². The monoisotopic (exact) mass is 715 g/mol. The fourth-order valence-electron chi connectivity index (χ4n) is 8.48. The molecule has 9 aromatic carbocycles. The summed E-state index contributed by atoms with van der Waals surface area (Å²) in [5.41, 5.74) is 15.7. The summed E-state index contributed by atoms with van der Waals surface area (Å²) in [6, 6.07) is 75.3. The molecule has 1 aliphatic carbocycles. The first-order valence-electron chi connectivity index (χ1n) is 19.5. The molecule has 1 aliphatic rings. The smallest absolute Gasteiger partial charge is 0.0459 e. The molecule has 0 amide bonds. The Morgan fingerprint density at radius 2 is 0.661 bits per heavy atom. The molecule has 0 radical (unpaired) electrons. The Balaban J connectivity index is 0.952. The molecule has 9 aromatic rings. The van der Waals surface area contributed by atoms with Gasteiger partial charge in [-0.15, -0.1) is 0 Å². The van der Waals surface area contributed by atoms with Crippen molar-refractivity contribution in [2.45, 2.75) is 19.3 Å². The van der Waals surface area contributed by atoms with Crippen LogP contribution in [0, 0.1) is 0 Å². The van der Waals surface area contributed by atoms with Crippen molar-refractivity contribution in [3.8, 4) is 44.5 Å². The summed E-state index contributed by atoms with van der Waals surface area (Å²) in [7, 11) is 0. The van der Waals surface area contributed by atoms with Gasteiger partial charge in [0.25, 0.3) is 0 Å². The summed E-state index contributed by atoms with van der Waals surface area (Å²) >= 11 is 0. The largest absolute Gasteiger partial charge is 0.313 e. The van der Waals surface area contributed by atoms with E-state index in [0.717, 1.165) is 11.4 Å². The standard InChI is InChI=1S/C55H41N/c1-55(2)53-14-8-7-13-50(53)37-54(55)56(51-31-27-42(28-32-51)40-15-19-44(20-16-40)48-25-23-38-9-3-5-11-46(38)35-48)52-33-29-43(30-34-52)41-17-21-45(22-18-41)49-26-24-39-10-4-6-12-47(39)36-49/h3-37H,1-2H3. The van der Waals surface area contributed by atoms with Gasteiger partial charge in [-0.1, -0.05) is 184 Å². The van der Waals surface area contributed by atoms with E-state index in [9.17, 15) is 0 Å². The van der Waals surface area contributed by atoms with Crippen LogP contribution in [0.25, 0.3) is 72.1 Å². The average Bonchev–Trinajstić information content (AvgIpc) is 3.53. The Kier molecular flexibility index (Phi) is 8.23. The molecule has 0 aliphatic heterocycles. The van der Waals surface area contributed by atoms with Crippen molar-refractivity contribution in [3.63, 3.8) is 0 Å². The van der Waals surface area contributed by atoms with E-state index in [-0.39, 0.29) is 5.41 Å². The number of nitrogens with zero attached hydrogens (tertiary/aromatic N) is 1. The lowest BCUT2D eigenvalue weighted by molar-refractivity contribution is 0.626. The van der Waals surface area contributed by atoms with Crippen LogP contribution in [-0.2, 0) is 5.41 Å². The number of hydrogen-bond acceptors (Lipinski definition) is 1. The number of anilines is 2. The van der Waals surface area contributed by atoms with Crippen molar-refractivity contribution in [1.29, 1.82) is 0 Å². The van der Waals surface area contributed by atoms with Crippen LogP contribution in [0.5, 0.6) is 0 Å². The van der Waals surface area contributed by atoms with Crippen LogP contribution in [0.15, 0.2) is 212 Å². The normalized spacial score (nSPS) is 13.1. The quantitative estimate of drug-likeness (QED) is 0.159. The third-order valence-corrected chi connectivity index (χ3v) is 11.7. The molecule has 56 heavy (non-hydrogen) atoms. The SMILES string of the molecule is CC1(C)C(N(c2ccc(-c3ccc(-c4ccc5ccccc5c4)cc3)cc2)c2ccc(-c3ccc(-c4ccc5ccccc5c4)cc3)cc2)=Cc2ccccc21. The van der Waals surface area contributed by atoms with Crippen LogP contribution in [0.3, 0.4) is 0 Å². The zero-order valence-electron chi connectivity index (χ0n) is 31.7. The molecule has 0 saturated heterocycles. The third kappa shape index (κ3) is 6.08. The van der Waals surface area contributed by atoms with E-state index in [1.165, 1.54) is 82.9 Å². The van der Waals surface area contributed by atoms with Gasteiger partial charge in [0, 0.05) is 22.5 Å². The molecule has 1 heteroatoms. The first-order valence-corrected chi connectivity index (χ1v) is 19.5. The first kappa shape index (κ1) is 33.6. The Morgan fingerprint density at radius 1 is 0.321 bits per heavy atom. The first-order chi connectivity index (χ1) is 27.5. The van der Waals surface area contributed by atoms with E-state index in [1.54, 1.807) is 0 Å². The number of hydrogen-bond donors (Lipinski definition) is 0. The third-order valence-electron chi connectivity index (χ3n) is 11.7. The van der Waals surface area contributed by atoms with Crippen molar-refractivity contribution in [3.05, 3.63) is 223 Å². The summed E-state index contributed by atoms with van der Waals surface area (Å²) in [6.45, 7) is 4.68. The summed E-state index contributed by atoms with van der Waals surface area (Å²) in [5.74, 6) is 0. The van der Waals surface area contributed by atoms with E-state index in [2.05, 4.69) is 231 Å². The Labute approximate surface area is 329 Å². The van der Waals surface area contributed by atoms with Gasteiger partial charge in [-0.2, -0.15) is 0 Å². The highest BCUT2D eigenvalue weighted by atomic mass is 15.2. The minimum absolute atomic E-state index is 0.175. The summed E-state index contributed by atoms with van der Waals surface area (Å²) in [5, 5.41) is 5.06. The Hall–Kier alpha value is -6.96. The molecule has 0 saturated carbocycles. The zero-order chi connectivity index (χ0) is 37.6. The predicted molar refractivity (Wildman–Crippen MR) is 239 cm³/mol. The molecule has 0 spiro atoms. The van der Waals surface area contributed by atoms with E-state index in [0.29, 0.717) is 0 Å². The van der Waals surface area contributed by atoms with Gasteiger partial charge in [0.1, 0.15) is 0 Å². The number of fused-ring (bicyclic) bond motifs is 3. The molecule has 10 rings (SSSR count). The lowest BCUT2D eigenvalue weighted by Gasteiger charge is -2.35. The fraction of sp³-hybridized carbons (Fsp3) is 0.0545. The minimum Gasteiger partial charge on any atom is -0.313 e. The number of rotatable bonds is 7. The second-order valence-corrected chi connectivity index (χ2v) is 15.4. The highest BCUT2D eigenvalue weighted by Gasteiger charge is 2.37. The second kappa shape index (κ2) is 13.7. The van der Waals surface area contributed by atoms with Crippen LogP contribution in [0.1, 0.15) is 25.0 Å². The molecule has 0 aromatic heterocycles. The molecule has 0 unspecified atom stereocenters. The number of allylic oxidation sites excluding steroid dienone is 1. The van der Waals surface area contributed by atoms with Crippen molar-refractivity contribution >= 4 is 39.0 Å². The van der Waals surface area contributed by atoms with Gasteiger partial charge in [-0.3, -0.25) is 0 Å². The summed E-state index contributed by atoms with van der Waals surface area (Å²) in [6.07, 6.45) is 2.37. The highest BCUT2D eigenvalue weighted by molar-refractivity contribution is 5.89. The van der Waals surface area contributed by atoms with Crippen molar-refractivity contribution < 1.29 is 0 Å². The topological polar surface area (TPSA) is 3.24 Å². The van der Waals surface area contributed by atoms with Crippen molar-refractivity contribution in [2.75, 3.05) is 4.90 Å². The predicted octanol–water partition coefficient (Wildman–Crippen LogP) is 15.1. The van der Waals surface area contributed by atoms with E-state index in [1.807, 2.05) is 0 Å². The minimum atomic E-state index is -0.175. The Bertz CT molecular complexity index is 2730. The van der Waals surface area contributed by atoms with Gasteiger partial charge in [0.05, 0.1) is 0 Å². The molecule has 0 atom stereocenters. The maximum absolute atomic E-state index is 2.44. The van der Waals surface area contributed by atoms with Crippen LogP contribution < -0.4 is 4.90 Å². The second-order valence-electron chi connectivity index (χ2n) is 15.4. The summed E-state index contributed by atoms with van der Waals surface area (Å²) < 4.78 is 0. The zero-order valence-corrected chi connectivity index (χ0v) is 31.7. The van der Waals surface area contributed by atoms with Crippen LogP contribution in [0.4, 0.5) is 11.4 Å². The lowest BCUT2D eigenvalue weighted by atomic mass is 9.83. The molecule has 266 valence electrons. The van der Waals surface area contributed by atoms with E-state index < -0.39 is 0 Å². The molecular weight excluding hydrogens is 675 g/mol. The van der Waals surface area contributed by atoms with Gasteiger partial charge in [0.15, 0.2) is 0 Å². The van der Waals surface area contributed by atoms with Crippen LogP contribution in [-0.4, -0.2) is 0 Å². The average molecular weight is 716 g/mol. The van der Waals surface area contributed by atoms with Crippen molar-refractivity contribution in [1.82, 2.24) is 0 Å². The maximum Gasteiger partial charge on any atom is 0.0459 e. The maximum atomic E-state index is 2.44. The Morgan fingerprint density at radius 3 is 1.09 bits per heavy atom. The molecule has 0 fully saturated rings. The van der Waals surface area contributed by atoms with Gasteiger partial charge < -0.3 is 4.90 Å². The van der Waals surface area contributed by atoms with Crippen LogP contribution >= 0.6 is 0 Å². The fourth-order valence-corrected chi connectivity index (χ4v) is 8.48. The molecule has 0 N–H and O–H groups in total. The van der Waals surface area contributed by atoms with Gasteiger partial charge in [-0.05, 0) is 120 Å². The lowest BCUT2D eigenvalue weighted by Crippen LogP contribution is -2.29. The molecular formula is C55H41N. The van der Waals surface area contributed by atoms with E-state index in [4.69, 9.17) is 0 Å². The highest BCUT2D eigenvalue weighted by Crippen LogP contribution is 2.47. The number of benzene rings is 9. The molecule has 0 heterocycles. The molecule has 0 bridgehead atoms. The summed E-state index contributed by atoms with van der Waals surface area (Å²) in [4.78, 5) is 2.44. The van der Waals surface area contributed by atoms with E-state index >= 15 is 0 Å². The van der Waals surface area contributed by atoms with Gasteiger partial charge in [0.2, 0.25) is 0 Å². The van der Waals surface area contributed by atoms with Crippen LogP contribution in [0.2, 0.25) is 0 Å². The van der Waals surface area contributed by atoms with Gasteiger partial charge >= 0.3 is 0 Å². The molecule has 1 nitrogen and oxygen atoms in total.